The van der Waals surface area contributed by atoms with Crippen LogP contribution in [0.1, 0.15) is 5.56 Å². The molecule has 0 atom stereocenters. The van der Waals surface area contributed by atoms with Crippen LogP contribution in [-0.2, 0) is 6.18 Å². The number of carbonyl (C=O) groups excluding carboxylic acids is 1. The standard InChI is InChI=1S/C11H8F3N3OS/c12-11(13,14)7-3-1-6(2-4-7)8-5-19-10(16-8)17-9(15)18/h1-5H,(H3,15,16,17,18). The Balaban J connectivity index is 2.23. The number of amides is 2. The number of halogens is 3. The maximum absolute atomic E-state index is 12.4. The van der Waals surface area contributed by atoms with Crippen LogP contribution < -0.4 is 11.1 Å². The molecule has 1 heterocycles. The number of carbonyl (C=O) groups is 1. The fraction of sp³-hybridized carbons (Fsp3) is 0.0909. The van der Waals surface area contributed by atoms with Crippen molar-refractivity contribution in [1.82, 2.24) is 4.98 Å². The van der Waals surface area contributed by atoms with Gasteiger partial charge >= 0.3 is 12.2 Å². The van der Waals surface area contributed by atoms with E-state index in [1.54, 1.807) is 5.38 Å². The van der Waals surface area contributed by atoms with Crippen LogP contribution in [0.15, 0.2) is 29.6 Å². The number of primary amides is 1. The molecule has 19 heavy (non-hydrogen) atoms. The molecule has 100 valence electrons. The molecule has 0 aliphatic rings. The minimum Gasteiger partial charge on any atom is -0.351 e. The molecule has 2 amide bonds. The van der Waals surface area contributed by atoms with Gasteiger partial charge in [0.25, 0.3) is 0 Å². The van der Waals surface area contributed by atoms with Gasteiger partial charge in [-0.05, 0) is 12.1 Å². The van der Waals surface area contributed by atoms with Crippen LogP contribution >= 0.6 is 11.3 Å². The lowest BCUT2D eigenvalue weighted by atomic mass is 10.1. The van der Waals surface area contributed by atoms with E-state index in [1.165, 1.54) is 12.1 Å². The third-order valence-corrected chi connectivity index (χ3v) is 3.00. The van der Waals surface area contributed by atoms with Gasteiger partial charge in [0.1, 0.15) is 0 Å². The molecule has 1 aromatic heterocycles. The number of aromatic nitrogens is 1. The normalized spacial score (nSPS) is 11.3. The van der Waals surface area contributed by atoms with E-state index in [-0.39, 0.29) is 0 Å². The molecule has 8 heteroatoms. The van der Waals surface area contributed by atoms with E-state index in [0.717, 1.165) is 23.5 Å². The lowest BCUT2D eigenvalue weighted by Crippen LogP contribution is -2.18. The predicted octanol–water partition coefficient (Wildman–Crippen LogP) is 3.32. The molecule has 0 unspecified atom stereocenters. The molecule has 0 saturated heterocycles. The van der Waals surface area contributed by atoms with Crippen LogP contribution in [0.5, 0.6) is 0 Å². The van der Waals surface area contributed by atoms with E-state index in [4.69, 9.17) is 5.73 Å². The number of urea groups is 1. The summed E-state index contributed by atoms with van der Waals surface area (Å²) >= 11 is 1.14. The van der Waals surface area contributed by atoms with Gasteiger partial charge in [-0.15, -0.1) is 11.3 Å². The first-order valence-electron chi connectivity index (χ1n) is 5.06. The van der Waals surface area contributed by atoms with Crippen molar-refractivity contribution in [3.05, 3.63) is 35.2 Å². The van der Waals surface area contributed by atoms with Crippen molar-refractivity contribution in [2.75, 3.05) is 5.32 Å². The summed E-state index contributed by atoms with van der Waals surface area (Å²) in [6, 6.07) is 3.87. The highest BCUT2D eigenvalue weighted by Crippen LogP contribution is 2.31. The molecule has 0 spiro atoms. The third kappa shape index (κ3) is 3.22. The average molecular weight is 287 g/mol. The molecule has 2 aromatic rings. The van der Waals surface area contributed by atoms with E-state index in [1.807, 2.05) is 0 Å². The first-order chi connectivity index (χ1) is 8.86. The molecule has 0 fully saturated rings. The molecule has 0 saturated carbocycles. The van der Waals surface area contributed by atoms with Gasteiger partial charge in [-0.3, -0.25) is 5.32 Å². The number of nitrogens with two attached hydrogens (primary N) is 1. The quantitative estimate of drug-likeness (QED) is 0.889. The van der Waals surface area contributed by atoms with Crippen molar-refractivity contribution < 1.29 is 18.0 Å². The Bertz CT molecular complexity index is 592. The number of anilines is 1. The number of rotatable bonds is 2. The average Bonchev–Trinajstić information content (AvgIpc) is 2.75. The Kier molecular flexibility index (Phi) is 3.43. The summed E-state index contributed by atoms with van der Waals surface area (Å²) < 4.78 is 37.2. The molecule has 2 rings (SSSR count). The van der Waals surface area contributed by atoms with Gasteiger partial charge in [0, 0.05) is 10.9 Å². The number of thiazole rings is 1. The van der Waals surface area contributed by atoms with E-state index < -0.39 is 17.8 Å². The largest absolute Gasteiger partial charge is 0.416 e. The van der Waals surface area contributed by atoms with E-state index in [2.05, 4.69) is 10.3 Å². The maximum Gasteiger partial charge on any atom is 0.416 e. The lowest BCUT2D eigenvalue weighted by Gasteiger charge is -2.06. The van der Waals surface area contributed by atoms with Crippen molar-refractivity contribution in [2.45, 2.75) is 6.18 Å². The number of alkyl halides is 3. The van der Waals surface area contributed by atoms with Crippen molar-refractivity contribution in [3.63, 3.8) is 0 Å². The summed E-state index contributed by atoms with van der Waals surface area (Å²) in [5.41, 5.74) is 5.22. The Hall–Kier alpha value is -2.09. The van der Waals surface area contributed by atoms with Crippen molar-refractivity contribution in [1.29, 1.82) is 0 Å². The molecule has 0 aliphatic heterocycles. The van der Waals surface area contributed by atoms with Gasteiger partial charge in [-0.25, -0.2) is 9.78 Å². The highest BCUT2D eigenvalue weighted by Gasteiger charge is 2.30. The summed E-state index contributed by atoms with van der Waals surface area (Å²) in [7, 11) is 0. The minimum atomic E-state index is -4.36. The fourth-order valence-corrected chi connectivity index (χ4v) is 2.12. The highest BCUT2D eigenvalue weighted by atomic mass is 32.1. The molecule has 0 radical (unpaired) electrons. The number of nitrogens with zero attached hydrogens (tertiary/aromatic N) is 1. The first-order valence-corrected chi connectivity index (χ1v) is 5.94. The number of hydrogen-bond donors (Lipinski definition) is 2. The van der Waals surface area contributed by atoms with Crippen LogP contribution in [-0.4, -0.2) is 11.0 Å². The predicted molar refractivity (Wildman–Crippen MR) is 65.8 cm³/mol. The smallest absolute Gasteiger partial charge is 0.351 e. The second-order valence-corrected chi connectivity index (χ2v) is 4.46. The Morgan fingerprint density at radius 1 is 1.26 bits per heavy atom. The van der Waals surface area contributed by atoms with Gasteiger partial charge in [0.2, 0.25) is 0 Å². The third-order valence-electron chi connectivity index (χ3n) is 2.24. The fourth-order valence-electron chi connectivity index (χ4n) is 1.40. The van der Waals surface area contributed by atoms with Gasteiger partial charge in [-0.1, -0.05) is 12.1 Å². The van der Waals surface area contributed by atoms with E-state index >= 15 is 0 Å². The summed E-state index contributed by atoms with van der Waals surface area (Å²) in [5, 5.41) is 4.21. The molecule has 0 aliphatic carbocycles. The Morgan fingerprint density at radius 3 is 2.42 bits per heavy atom. The zero-order valence-corrected chi connectivity index (χ0v) is 10.2. The van der Waals surface area contributed by atoms with Gasteiger partial charge < -0.3 is 5.73 Å². The van der Waals surface area contributed by atoms with Crippen molar-refractivity contribution in [3.8, 4) is 11.3 Å². The summed E-state index contributed by atoms with van der Waals surface area (Å²) in [6.45, 7) is 0. The van der Waals surface area contributed by atoms with Crippen LogP contribution in [0.3, 0.4) is 0 Å². The first kappa shape index (κ1) is 13.3. The Morgan fingerprint density at radius 2 is 1.89 bits per heavy atom. The zero-order valence-electron chi connectivity index (χ0n) is 9.36. The molecular formula is C11H8F3N3OS. The second-order valence-electron chi connectivity index (χ2n) is 3.60. The molecular weight excluding hydrogens is 279 g/mol. The molecule has 4 nitrogen and oxygen atoms in total. The molecule has 1 aromatic carbocycles. The topological polar surface area (TPSA) is 68.0 Å². The van der Waals surface area contributed by atoms with Crippen molar-refractivity contribution in [2.24, 2.45) is 5.73 Å². The van der Waals surface area contributed by atoms with Crippen LogP contribution in [0, 0.1) is 0 Å². The SMILES string of the molecule is NC(=O)Nc1nc(-c2ccc(C(F)(F)F)cc2)cs1. The second kappa shape index (κ2) is 4.88. The van der Waals surface area contributed by atoms with Crippen molar-refractivity contribution >= 4 is 22.5 Å². The number of nitrogens with one attached hydrogen (secondary N) is 1. The van der Waals surface area contributed by atoms with Gasteiger partial charge in [0.05, 0.1) is 11.3 Å². The molecule has 0 bridgehead atoms. The number of benzene rings is 1. The summed E-state index contributed by atoms with van der Waals surface area (Å²) in [5.74, 6) is 0. The van der Waals surface area contributed by atoms with E-state index in [0.29, 0.717) is 16.4 Å². The van der Waals surface area contributed by atoms with Gasteiger partial charge in [0.15, 0.2) is 5.13 Å². The van der Waals surface area contributed by atoms with Crippen LogP contribution in [0.2, 0.25) is 0 Å². The molecule has 3 N–H and O–H groups in total. The highest BCUT2D eigenvalue weighted by molar-refractivity contribution is 7.14. The van der Waals surface area contributed by atoms with Gasteiger partial charge in [-0.2, -0.15) is 13.2 Å². The minimum absolute atomic E-state index is 0.294. The summed E-state index contributed by atoms with van der Waals surface area (Å²) in [6.07, 6.45) is -4.36. The zero-order chi connectivity index (χ0) is 14.0. The lowest BCUT2D eigenvalue weighted by molar-refractivity contribution is -0.137. The number of hydrogen-bond acceptors (Lipinski definition) is 3. The maximum atomic E-state index is 12.4. The Labute approximate surface area is 110 Å². The van der Waals surface area contributed by atoms with Crippen LogP contribution in [0.4, 0.5) is 23.1 Å². The van der Waals surface area contributed by atoms with Crippen LogP contribution in [0.25, 0.3) is 11.3 Å². The van der Waals surface area contributed by atoms with E-state index in [9.17, 15) is 18.0 Å². The monoisotopic (exact) mass is 287 g/mol. The summed E-state index contributed by atoms with van der Waals surface area (Å²) in [4.78, 5) is 14.7.